The quantitative estimate of drug-likeness (QED) is 0.613. The standard InChI is InChI=1S/C5H6OS2/c1-7-5-2-4(6)3-8-5/h2-3,6H,1H3. The summed E-state index contributed by atoms with van der Waals surface area (Å²) in [7, 11) is 0. The molecule has 8 heavy (non-hydrogen) atoms. The fourth-order valence-electron chi connectivity index (χ4n) is 0.414. The Kier molecular flexibility index (Phi) is 1.81. The Morgan fingerprint density at radius 3 is 2.75 bits per heavy atom. The van der Waals surface area contributed by atoms with Crippen molar-refractivity contribution in [3.8, 4) is 5.75 Å². The minimum atomic E-state index is 0.374. The zero-order valence-electron chi connectivity index (χ0n) is 4.42. The summed E-state index contributed by atoms with van der Waals surface area (Å²) >= 11 is 3.21. The smallest absolute Gasteiger partial charge is 0.127 e. The van der Waals surface area contributed by atoms with E-state index in [1.807, 2.05) is 6.26 Å². The Morgan fingerprint density at radius 2 is 2.50 bits per heavy atom. The molecule has 0 atom stereocenters. The Bertz CT molecular complexity index is 171. The first-order valence-electron chi connectivity index (χ1n) is 2.14. The number of thiophene rings is 1. The van der Waals surface area contributed by atoms with Gasteiger partial charge in [0.25, 0.3) is 0 Å². The molecule has 1 heterocycles. The van der Waals surface area contributed by atoms with Gasteiger partial charge in [-0.3, -0.25) is 0 Å². The highest BCUT2D eigenvalue weighted by molar-refractivity contribution is 8.00. The van der Waals surface area contributed by atoms with E-state index in [1.54, 1.807) is 34.5 Å². The molecule has 1 rings (SSSR count). The maximum absolute atomic E-state index is 8.78. The molecule has 0 amide bonds. The number of thioether (sulfide) groups is 1. The van der Waals surface area contributed by atoms with Gasteiger partial charge in [-0.2, -0.15) is 0 Å². The van der Waals surface area contributed by atoms with Gasteiger partial charge in [-0.15, -0.1) is 23.1 Å². The van der Waals surface area contributed by atoms with Gasteiger partial charge in [0.2, 0.25) is 0 Å². The molecule has 1 nitrogen and oxygen atoms in total. The van der Waals surface area contributed by atoms with E-state index in [1.165, 1.54) is 0 Å². The average molecular weight is 146 g/mol. The van der Waals surface area contributed by atoms with Crippen LogP contribution in [0.4, 0.5) is 0 Å². The SMILES string of the molecule is CSc1cc(O)cs1. The lowest BCUT2D eigenvalue weighted by molar-refractivity contribution is 0.477. The van der Waals surface area contributed by atoms with Crippen LogP contribution < -0.4 is 0 Å². The predicted molar refractivity (Wildman–Crippen MR) is 37.8 cm³/mol. The fraction of sp³-hybridized carbons (Fsp3) is 0.200. The van der Waals surface area contributed by atoms with Gasteiger partial charge in [0, 0.05) is 11.4 Å². The van der Waals surface area contributed by atoms with Gasteiger partial charge in [0.1, 0.15) is 5.75 Å². The van der Waals surface area contributed by atoms with Gasteiger partial charge in [-0.1, -0.05) is 0 Å². The van der Waals surface area contributed by atoms with E-state index in [2.05, 4.69) is 0 Å². The Labute approximate surface area is 56.4 Å². The third-order valence-corrected chi connectivity index (χ3v) is 2.78. The van der Waals surface area contributed by atoms with Crippen LogP contribution in [-0.2, 0) is 0 Å². The third-order valence-electron chi connectivity index (χ3n) is 0.763. The van der Waals surface area contributed by atoms with E-state index in [0.29, 0.717) is 5.75 Å². The first-order chi connectivity index (χ1) is 3.83. The van der Waals surface area contributed by atoms with Crippen molar-refractivity contribution < 1.29 is 5.11 Å². The summed E-state index contributed by atoms with van der Waals surface area (Å²) in [5.41, 5.74) is 0. The van der Waals surface area contributed by atoms with E-state index in [9.17, 15) is 0 Å². The van der Waals surface area contributed by atoms with Crippen LogP contribution in [0.3, 0.4) is 0 Å². The van der Waals surface area contributed by atoms with Gasteiger partial charge in [-0.05, 0) is 6.26 Å². The lowest BCUT2D eigenvalue weighted by Crippen LogP contribution is -1.49. The van der Waals surface area contributed by atoms with E-state index >= 15 is 0 Å². The van der Waals surface area contributed by atoms with Crippen LogP contribution in [-0.4, -0.2) is 11.4 Å². The van der Waals surface area contributed by atoms with Crippen LogP contribution in [0.5, 0.6) is 5.75 Å². The van der Waals surface area contributed by atoms with Crippen molar-refractivity contribution in [2.75, 3.05) is 6.26 Å². The highest BCUT2D eigenvalue weighted by Gasteiger charge is 1.92. The first-order valence-corrected chi connectivity index (χ1v) is 4.25. The summed E-state index contributed by atoms with van der Waals surface area (Å²) in [6.45, 7) is 0. The van der Waals surface area contributed by atoms with E-state index < -0.39 is 0 Å². The Balaban J connectivity index is 2.84. The lowest BCUT2D eigenvalue weighted by Gasteiger charge is -1.79. The molecule has 1 aromatic heterocycles. The summed E-state index contributed by atoms with van der Waals surface area (Å²) in [5.74, 6) is 0.374. The van der Waals surface area contributed by atoms with E-state index in [-0.39, 0.29) is 0 Å². The van der Waals surface area contributed by atoms with E-state index in [4.69, 9.17) is 5.11 Å². The molecule has 0 aliphatic rings. The van der Waals surface area contributed by atoms with Crippen LogP contribution in [0.15, 0.2) is 15.7 Å². The minimum absolute atomic E-state index is 0.374. The van der Waals surface area contributed by atoms with E-state index in [0.717, 1.165) is 4.21 Å². The second kappa shape index (κ2) is 2.42. The van der Waals surface area contributed by atoms with Crippen molar-refractivity contribution in [2.24, 2.45) is 0 Å². The molecule has 0 bridgehead atoms. The molecule has 1 aromatic rings. The summed E-state index contributed by atoms with van der Waals surface area (Å²) in [5, 5.41) is 10.5. The molecule has 0 aliphatic heterocycles. The van der Waals surface area contributed by atoms with Gasteiger partial charge in [-0.25, -0.2) is 0 Å². The third kappa shape index (κ3) is 1.17. The summed E-state index contributed by atoms with van der Waals surface area (Å²) in [4.78, 5) is 0. The van der Waals surface area contributed by atoms with Crippen molar-refractivity contribution in [1.29, 1.82) is 0 Å². The summed E-state index contributed by atoms with van der Waals surface area (Å²) < 4.78 is 1.16. The normalized spacial score (nSPS) is 9.62. The maximum atomic E-state index is 8.78. The first kappa shape index (κ1) is 5.98. The van der Waals surface area contributed by atoms with Crippen LogP contribution in [0, 0.1) is 0 Å². The molecule has 44 valence electrons. The van der Waals surface area contributed by atoms with Gasteiger partial charge >= 0.3 is 0 Å². The van der Waals surface area contributed by atoms with Crippen LogP contribution in [0.25, 0.3) is 0 Å². The number of hydrogen-bond acceptors (Lipinski definition) is 3. The van der Waals surface area contributed by atoms with Crippen LogP contribution >= 0.6 is 23.1 Å². The molecule has 0 aromatic carbocycles. The molecule has 0 saturated heterocycles. The van der Waals surface area contributed by atoms with Gasteiger partial charge in [0.15, 0.2) is 0 Å². The molecule has 0 aliphatic carbocycles. The number of rotatable bonds is 1. The molecule has 0 saturated carbocycles. The lowest BCUT2D eigenvalue weighted by atomic mass is 10.6. The molecule has 0 unspecified atom stereocenters. The molecule has 0 spiro atoms. The van der Waals surface area contributed by atoms with Crippen molar-refractivity contribution in [3.63, 3.8) is 0 Å². The van der Waals surface area contributed by atoms with Crippen LogP contribution in [0.2, 0.25) is 0 Å². The molecule has 0 fully saturated rings. The Hall–Kier alpha value is -0.150. The molecule has 1 N–H and O–H groups in total. The minimum Gasteiger partial charge on any atom is -0.507 e. The maximum Gasteiger partial charge on any atom is 0.127 e. The molecular weight excluding hydrogens is 140 g/mol. The predicted octanol–water partition coefficient (Wildman–Crippen LogP) is 2.18. The second-order valence-electron chi connectivity index (χ2n) is 1.33. The molecule has 3 heteroatoms. The van der Waals surface area contributed by atoms with Crippen molar-refractivity contribution in [3.05, 3.63) is 11.4 Å². The Morgan fingerprint density at radius 1 is 1.75 bits per heavy atom. The number of aromatic hydroxyl groups is 1. The number of hydrogen-bond donors (Lipinski definition) is 1. The largest absolute Gasteiger partial charge is 0.507 e. The fourth-order valence-corrected chi connectivity index (χ4v) is 1.68. The van der Waals surface area contributed by atoms with Gasteiger partial charge < -0.3 is 5.11 Å². The topological polar surface area (TPSA) is 20.2 Å². The van der Waals surface area contributed by atoms with Crippen LogP contribution in [0.1, 0.15) is 0 Å². The molecular formula is C5H6OS2. The van der Waals surface area contributed by atoms with Crippen molar-refractivity contribution >= 4 is 23.1 Å². The second-order valence-corrected chi connectivity index (χ2v) is 3.35. The summed E-state index contributed by atoms with van der Waals surface area (Å²) in [6.07, 6.45) is 1.99. The summed E-state index contributed by atoms with van der Waals surface area (Å²) in [6, 6.07) is 1.76. The molecule has 0 radical (unpaired) electrons. The van der Waals surface area contributed by atoms with Crippen molar-refractivity contribution in [2.45, 2.75) is 4.21 Å². The van der Waals surface area contributed by atoms with Crippen molar-refractivity contribution in [1.82, 2.24) is 0 Å². The zero-order valence-corrected chi connectivity index (χ0v) is 6.05. The zero-order chi connectivity index (χ0) is 5.98. The van der Waals surface area contributed by atoms with Gasteiger partial charge in [0.05, 0.1) is 4.21 Å². The average Bonchev–Trinajstić information content (AvgIpc) is 2.14. The monoisotopic (exact) mass is 146 g/mol. The highest BCUT2D eigenvalue weighted by Crippen LogP contribution is 2.27. The highest BCUT2D eigenvalue weighted by atomic mass is 32.2.